The molecule has 4 heterocycles. The van der Waals surface area contributed by atoms with Crippen molar-refractivity contribution in [1.29, 1.82) is 0 Å². The van der Waals surface area contributed by atoms with Gasteiger partial charge >= 0.3 is 0 Å². The Kier molecular flexibility index (Phi) is 21.7. The summed E-state index contributed by atoms with van der Waals surface area (Å²) in [5.74, 6) is 0.901. The summed E-state index contributed by atoms with van der Waals surface area (Å²) in [6.07, 6.45) is 12.8. The van der Waals surface area contributed by atoms with Crippen LogP contribution in [-0.4, -0.2) is 146 Å². The number of likely N-dealkylation sites (tertiary alicyclic amines) is 2. The van der Waals surface area contributed by atoms with E-state index < -0.39 is 0 Å². The molecule has 80 heavy (non-hydrogen) atoms. The molecule has 12 heteroatoms. The van der Waals surface area contributed by atoms with Crippen LogP contribution in [0.5, 0.6) is 0 Å². The van der Waals surface area contributed by atoms with Gasteiger partial charge in [0.2, 0.25) is 11.8 Å². The van der Waals surface area contributed by atoms with E-state index in [1.807, 2.05) is 84.9 Å². The first-order chi connectivity index (χ1) is 39.2. The molecule has 424 valence electrons. The van der Waals surface area contributed by atoms with Crippen LogP contribution in [0.2, 0.25) is 0 Å². The zero-order valence-corrected chi connectivity index (χ0v) is 47.7. The zero-order chi connectivity index (χ0) is 55.5. The highest BCUT2D eigenvalue weighted by Gasteiger charge is 2.34. The second-order valence-electron chi connectivity index (χ2n) is 22.9. The van der Waals surface area contributed by atoms with Gasteiger partial charge in [-0.3, -0.25) is 19.2 Å². The van der Waals surface area contributed by atoms with E-state index >= 15 is 0 Å². The minimum atomic E-state index is -0.236. The fourth-order valence-corrected chi connectivity index (χ4v) is 12.5. The van der Waals surface area contributed by atoms with Crippen LogP contribution >= 0.6 is 0 Å². The van der Waals surface area contributed by atoms with Gasteiger partial charge < -0.3 is 40.9 Å². The molecule has 0 aromatic heterocycles. The third kappa shape index (κ3) is 16.4. The third-order valence-electron chi connectivity index (χ3n) is 17.4. The molecular weight excluding hydrogens is 993 g/mol. The number of carbonyl (C=O) groups excluding carboxylic acids is 4. The molecule has 12 nitrogen and oxygen atoms in total. The summed E-state index contributed by atoms with van der Waals surface area (Å²) < 4.78 is 0. The highest BCUT2D eigenvalue weighted by atomic mass is 16.2. The number of hydrogen-bond donors (Lipinski definition) is 4. The summed E-state index contributed by atoms with van der Waals surface area (Å²) in [6.45, 7) is 14.7. The lowest BCUT2D eigenvalue weighted by Gasteiger charge is -2.31. The first-order valence-electron chi connectivity index (χ1n) is 30.4. The number of rotatable bonds is 20. The van der Waals surface area contributed by atoms with Crippen molar-refractivity contribution in [3.8, 4) is 0 Å². The van der Waals surface area contributed by atoms with Crippen LogP contribution in [0.4, 0.5) is 0 Å². The number of piperidine rings is 2. The number of amides is 4. The Hall–Kier alpha value is -6.44. The van der Waals surface area contributed by atoms with Gasteiger partial charge in [-0.2, -0.15) is 0 Å². The highest BCUT2D eigenvalue weighted by Crippen LogP contribution is 2.26. The summed E-state index contributed by atoms with van der Waals surface area (Å²) in [6, 6.07) is 48.6. The molecule has 4 fully saturated rings. The number of benzene rings is 6. The van der Waals surface area contributed by atoms with E-state index in [1.54, 1.807) is 0 Å². The first-order valence-corrected chi connectivity index (χ1v) is 30.4. The Morgan fingerprint density at radius 1 is 0.475 bits per heavy atom. The lowest BCUT2D eigenvalue weighted by molar-refractivity contribution is -0.134. The number of nitrogens with one attached hydrogen (secondary N) is 4. The van der Waals surface area contributed by atoms with Crippen LogP contribution in [-0.2, 0) is 9.59 Å². The van der Waals surface area contributed by atoms with E-state index in [-0.39, 0.29) is 47.8 Å². The third-order valence-corrected chi connectivity index (χ3v) is 17.4. The van der Waals surface area contributed by atoms with E-state index in [2.05, 4.69) is 115 Å². The van der Waals surface area contributed by atoms with Crippen LogP contribution in [0.3, 0.4) is 0 Å². The zero-order valence-electron chi connectivity index (χ0n) is 47.7. The molecule has 6 atom stereocenters. The second-order valence-corrected chi connectivity index (χ2v) is 22.9. The molecule has 0 spiro atoms. The molecule has 6 aromatic rings. The van der Waals surface area contributed by atoms with Crippen molar-refractivity contribution in [1.82, 2.24) is 40.9 Å². The van der Waals surface area contributed by atoms with Crippen molar-refractivity contribution in [2.24, 2.45) is 0 Å². The number of hydrogen-bond acceptors (Lipinski definition) is 8. The largest absolute Gasteiger partial charge is 0.350 e. The molecule has 10 rings (SSSR count). The molecule has 4 N–H and O–H groups in total. The molecule has 0 bridgehead atoms. The van der Waals surface area contributed by atoms with Gasteiger partial charge in [0.05, 0.1) is 12.1 Å². The number of nitrogens with zero attached hydrogens (tertiary/aromatic N) is 4. The van der Waals surface area contributed by atoms with Crippen LogP contribution in [0.1, 0.15) is 135 Å². The van der Waals surface area contributed by atoms with Gasteiger partial charge in [0.25, 0.3) is 11.8 Å². The fraction of sp³-hybridized carbons (Fsp3) is 0.471. The predicted octanol–water partition coefficient (Wildman–Crippen LogP) is 10.4. The van der Waals surface area contributed by atoms with E-state index in [9.17, 15) is 19.2 Å². The van der Waals surface area contributed by atoms with Gasteiger partial charge in [0.15, 0.2) is 0 Å². The Balaban J connectivity index is 0.000000194. The van der Waals surface area contributed by atoms with Crippen molar-refractivity contribution < 1.29 is 19.2 Å². The van der Waals surface area contributed by atoms with Crippen LogP contribution in [0.25, 0.3) is 21.5 Å². The van der Waals surface area contributed by atoms with Crippen molar-refractivity contribution in [2.75, 3.05) is 78.5 Å². The van der Waals surface area contributed by atoms with E-state index in [1.165, 1.54) is 49.7 Å². The smallest absolute Gasteiger partial charge is 0.251 e. The highest BCUT2D eigenvalue weighted by molar-refractivity contribution is 5.99. The van der Waals surface area contributed by atoms with E-state index in [0.29, 0.717) is 49.1 Å². The summed E-state index contributed by atoms with van der Waals surface area (Å²) in [7, 11) is 0. The van der Waals surface area contributed by atoms with Gasteiger partial charge in [0, 0.05) is 87.4 Å². The lowest BCUT2D eigenvalue weighted by Crippen LogP contribution is -2.50. The predicted molar refractivity (Wildman–Crippen MR) is 325 cm³/mol. The van der Waals surface area contributed by atoms with Crippen LogP contribution < -0.4 is 21.3 Å². The first kappa shape index (κ1) is 58.2. The molecule has 4 aliphatic heterocycles. The lowest BCUT2D eigenvalue weighted by atomic mass is 9.95. The number of carbonyl (C=O) groups is 4. The molecule has 6 aromatic carbocycles. The summed E-state index contributed by atoms with van der Waals surface area (Å²) in [5, 5.41) is 18.0. The normalized spacial score (nSPS) is 21.2. The van der Waals surface area contributed by atoms with Crippen molar-refractivity contribution in [2.45, 2.75) is 127 Å². The van der Waals surface area contributed by atoms with Crippen molar-refractivity contribution in [3.05, 3.63) is 168 Å². The van der Waals surface area contributed by atoms with Crippen LogP contribution in [0.15, 0.2) is 146 Å². The Bertz CT molecular complexity index is 2710. The maximum absolute atomic E-state index is 13.9. The quantitative estimate of drug-likeness (QED) is 0.0595. The second kappa shape index (κ2) is 29.9. The summed E-state index contributed by atoms with van der Waals surface area (Å²) in [5.41, 5.74) is 3.92. The Morgan fingerprint density at radius 2 is 0.850 bits per heavy atom. The molecule has 4 saturated heterocycles. The summed E-state index contributed by atoms with van der Waals surface area (Å²) in [4.78, 5) is 63.1. The van der Waals surface area contributed by atoms with Crippen molar-refractivity contribution >= 4 is 45.2 Å². The Morgan fingerprint density at radius 3 is 1.24 bits per heavy atom. The standard InChI is InChI=1S/2C34H44N4O2/c2*1-2-26(27-11-5-3-6-12-27)25-38-22-17-31(36-32(34(38)40)18-21-37-19-9-4-10-20-37)24-35-33(39)30-16-15-28-13-7-8-14-29(28)23-30/h2*3,5-8,11-16,23,26,31-32,36H,2,4,9-10,17-22,24-25H2,1H3,(H,35,39)/t2*26?,31-,32-/m00/s1. The van der Waals surface area contributed by atoms with E-state index in [0.717, 1.165) is 112 Å². The minimum absolute atomic E-state index is 0.0431. The fourth-order valence-electron chi connectivity index (χ4n) is 12.5. The van der Waals surface area contributed by atoms with Gasteiger partial charge in [-0.1, -0.05) is 148 Å². The van der Waals surface area contributed by atoms with Gasteiger partial charge in [-0.15, -0.1) is 0 Å². The molecular formula is C68H88N8O4. The van der Waals surface area contributed by atoms with E-state index in [4.69, 9.17) is 0 Å². The number of fused-ring (bicyclic) bond motifs is 2. The summed E-state index contributed by atoms with van der Waals surface area (Å²) >= 11 is 0. The van der Waals surface area contributed by atoms with Gasteiger partial charge in [-0.05, 0) is 147 Å². The minimum Gasteiger partial charge on any atom is -0.350 e. The van der Waals surface area contributed by atoms with Crippen molar-refractivity contribution in [3.63, 3.8) is 0 Å². The molecule has 2 unspecified atom stereocenters. The average Bonchev–Trinajstić information content (AvgIpc) is 3.77. The molecule has 4 aliphatic rings. The monoisotopic (exact) mass is 1080 g/mol. The maximum atomic E-state index is 13.9. The van der Waals surface area contributed by atoms with Gasteiger partial charge in [0.1, 0.15) is 0 Å². The molecule has 0 saturated carbocycles. The topological polar surface area (TPSA) is 129 Å². The SMILES string of the molecule is CCC(CN1CC[C@@H](CNC(=O)c2ccc3ccccc3c2)N[C@@H](CCN2CCCCC2)C1=O)c1ccccc1.CCC(CN1CC[C@@H](CNC(=O)c2ccc3ccccc3c2)N[C@@H](CCN2CCCCC2)C1=O)c1ccccc1. The molecule has 0 radical (unpaired) electrons. The Labute approximate surface area is 476 Å². The van der Waals surface area contributed by atoms with Gasteiger partial charge in [-0.25, -0.2) is 0 Å². The molecule has 4 amide bonds. The average molecular weight is 1080 g/mol. The maximum Gasteiger partial charge on any atom is 0.251 e. The molecule has 0 aliphatic carbocycles. The van der Waals surface area contributed by atoms with Crippen LogP contribution in [0, 0.1) is 0 Å².